The number of benzene rings is 2. The molecule has 0 aliphatic carbocycles. The predicted molar refractivity (Wildman–Crippen MR) is 116 cm³/mol. The van der Waals surface area contributed by atoms with Crippen LogP contribution in [0.1, 0.15) is 18.1 Å². The Morgan fingerprint density at radius 1 is 1.00 bits per heavy atom. The molecule has 0 bridgehead atoms. The zero-order chi connectivity index (χ0) is 21.2. The highest BCUT2D eigenvalue weighted by Crippen LogP contribution is 2.22. The molecular weight excluding hydrogens is 388 g/mol. The van der Waals surface area contributed by atoms with Crippen molar-refractivity contribution in [1.29, 1.82) is 0 Å². The molecule has 1 atom stereocenters. The molecule has 29 heavy (non-hydrogen) atoms. The largest absolute Gasteiger partial charge is 0.369 e. The fourth-order valence-corrected chi connectivity index (χ4v) is 4.13. The lowest BCUT2D eigenvalue weighted by atomic mass is 10.1. The van der Waals surface area contributed by atoms with Crippen molar-refractivity contribution in [2.24, 2.45) is 5.14 Å². The number of aryl methyl sites for hydroxylation is 2. The molecule has 0 saturated carbocycles. The van der Waals surface area contributed by atoms with Gasteiger partial charge < -0.3 is 10.2 Å². The first kappa shape index (κ1) is 21.3. The first-order chi connectivity index (χ1) is 13.7. The first-order valence-electron chi connectivity index (χ1n) is 9.66. The molecular formula is C21H28N4O3S. The van der Waals surface area contributed by atoms with Crippen LogP contribution in [0.25, 0.3) is 0 Å². The molecule has 0 spiro atoms. The molecule has 1 saturated heterocycles. The Kier molecular flexibility index (Phi) is 6.26. The number of nitrogens with one attached hydrogen (secondary N) is 1. The van der Waals surface area contributed by atoms with Gasteiger partial charge in [0.1, 0.15) is 0 Å². The number of sulfonamides is 1. The Hall–Kier alpha value is -2.42. The van der Waals surface area contributed by atoms with E-state index in [1.165, 1.54) is 12.1 Å². The highest BCUT2D eigenvalue weighted by atomic mass is 32.2. The molecule has 2 aromatic rings. The summed E-state index contributed by atoms with van der Waals surface area (Å²) in [5.41, 5.74) is 3.94. The van der Waals surface area contributed by atoms with E-state index in [9.17, 15) is 13.2 Å². The van der Waals surface area contributed by atoms with Crippen molar-refractivity contribution < 1.29 is 13.2 Å². The number of amides is 1. The molecule has 8 heteroatoms. The quantitative estimate of drug-likeness (QED) is 0.778. The number of para-hydroxylation sites is 1. The van der Waals surface area contributed by atoms with Crippen LogP contribution in [0.15, 0.2) is 47.4 Å². The highest BCUT2D eigenvalue weighted by Gasteiger charge is 2.26. The van der Waals surface area contributed by atoms with Crippen molar-refractivity contribution in [3.63, 3.8) is 0 Å². The van der Waals surface area contributed by atoms with E-state index < -0.39 is 10.0 Å². The van der Waals surface area contributed by atoms with Crippen LogP contribution in [0.2, 0.25) is 0 Å². The number of carbonyl (C=O) groups is 1. The summed E-state index contributed by atoms with van der Waals surface area (Å²) < 4.78 is 22.8. The van der Waals surface area contributed by atoms with Gasteiger partial charge in [0.05, 0.1) is 10.9 Å². The van der Waals surface area contributed by atoms with Gasteiger partial charge in [0.2, 0.25) is 15.9 Å². The maximum atomic E-state index is 12.8. The molecule has 1 heterocycles. The average molecular weight is 417 g/mol. The molecule has 3 N–H and O–H groups in total. The summed E-state index contributed by atoms with van der Waals surface area (Å²) >= 11 is 0. The summed E-state index contributed by atoms with van der Waals surface area (Å²) in [6.45, 7) is 8.93. The molecule has 0 radical (unpaired) electrons. The van der Waals surface area contributed by atoms with Gasteiger partial charge in [-0.25, -0.2) is 13.6 Å². The van der Waals surface area contributed by atoms with E-state index in [1.807, 2.05) is 39.0 Å². The summed E-state index contributed by atoms with van der Waals surface area (Å²) in [5, 5.41) is 8.23. The van der Waals surface area contributed by atoms with Gasteiger partial charge in [-0.05, 0) is 56.2 Å². The third kappa shape index (κ3) is 4.95. The van der Waals surface area contributed by atoms with Crippen LogP contribution < -0.4 is 15.4 Å². The second-order valence-corrected chi connectivity index (χ2v) is 9.06. The van der Waals surface area contributed by atoms with E-state index in [4.69, 9.17) is 5.14 Å². The van der Waals surface area contributed by atoms with Gasteiger partial charge in [-0.2, -0.15) is 0 Å². The SMILES string of the molecule is Cc1cccc(C)c1NC(=O)C(C)N1CCN(c2ccc(S(N)(=O)=O)cc2)CC1. The molecule has 1 fully saturated rings. The smallest absolute Gasteiger partial charge is 0.241 e. The van der Waals surface area contributed by atoms with E-state index >= 15 is 0 Å². The number of primary sulfonamides is 1. The van der Waals surface area contributed by atoms with Crippen LogP contribution in [-0.4, -0.2) is 51.4 Å². The number of nitrogens with zero attached hydrogens (tertiary/aromatic N) is 2. The topological polar surface area (TPSA) is 95.7 Å². The van der Waals surface area contributed by atoms with Crippen molar-refractivity contribution in [3.8, 4) is 0 Å². The van der Waals surface area contributed by atoms with Crippen LogP contribution in [0.3, 0.4) is 0 Å². The lowest BCUT2D eigenvalue weighted by molar-refractivity contribution is -0.120. The lowest BCUT2D eigenvalue weighted by Crippen LogP contribution is -2.52. The monoisotopic (exact) mass is 416 g/mol. The van der Waals surface area contributed by atoms with Crippen LogP contribution in [-0.2, 0) is 14.8 Å². The minimum atomic E-state index is -3.68. The Morgan fingerprint density at radius 2 is 1.55 bits per heavy atom. The summed E-state index contributed by atoms with van der Waals surface area (Å²) in [6, 6.07) is 12.3. The predicted octanol–water partition coefficient (Wildman–Crippen LogP) is 2.10. The maximum Gasteiger partial charge on any atom is 0.241 e. The third-order valence-electron chi connectivity index (χ3n) is 5.50. The van der Waals surface area contributed by atoms with Crippen molar-refractivity contribution in [1.82, 2.24) is 4.90 Å². The number of anilines is 2. The number of carbonyl (C=O) groups excluding carboxylic acids is 1. The van der Waals surface area contributed by atoms with Gasteiger partial charge in [0.15, 0.2) is 0 Å². The van der Waals surface area contributed by atoms with E-state index in [1.54, 1.807) is 12.1 Å². The van der Waals surface area contributed by atoms with Gasteiger partial charge >= 0.3 is 0 Å². The molecule has 0 aromatic heterocycles. The van der Waals surface area contributed by atoms with Crippen LogP contribution in [0.4, 0.5) is 11.4 Å². The van der Waals surface area contributed by atoms with Crippen LogP contribution >= 0.6 is 0 Å². The van der Waals surface area contributed by atoms with Crippen molar-refractivity contribution in [2.75, 3.05) is 36.4 Å². The standard InChI is InChI=1S/C21H28N4O3S/c1-15-5-4-6-16(2)20(15)23-21(26)17(3)24-11-13-25(14-12-24)18-7-9-19(10-8-18)29(22,27)28/h4-10,17H,11-14H2,1-3H3,(H,23,26)(H2,22,27,28). The molecule has 1 aliphatic heterocycles. The van der Waals surface area contributed by atoms with Gasteiger partial charge in [-0.15, -0.1) is 0 Å². The number of rotatable bonds is 5. The van der Waals surface area contributed by atoms with Crippen molar-refractivity contribution in [3.05, 3.63) is 53.6 Å². The summed E-state index contributed by atoms with van der Waals surface area (Å²) in [4.78, 5) is 17.2. The van der Waals surface area contributed by atoms with Gasteiger partial charge in [0.25, 0.3) is 0 Å². The van der Waals surface area contributed by atoms with Gasteiger partial charge in [-0.1, -0.05) is 18.2 Å². The molecule has 156 valence electrons. The molecule has 7 nitrogen and oxygen atoms in total. The van der Waals surface area contributed by atoms with Gasteiger partial charge in [0, 0.05) is 37.6 Å². The lowest BCUT2D eigenvalue weighted by Gasteiger charge is -2.38. The first-order valence-corrected chi connectivity index (χ1v) is 11.2. The number of hydrogen-bond acceptors (Lipinski definition) is 5. The number of piperazine rings is 1. The van der Waals surface area contributed by atoms with E-state index in [0.29, 0.717) is 0 Å². The Morgan fingerprint density at radius 3 is 2.07 bits per heavy atom. The van der Waals surface area contributed by atoms with Crippen molar-refractivity contribution in [2.45, 2.75) is 31.7 Å². The van der Waals surface area contributed by atoms with Crippen molar-refractivity contribution >= 4 is 27.3 Å². The molecule has 3 rings (SSSR count). The van der Waals surface area contributed by atoms with Gasteiger partial charge in [-0.3, -0.25) is 9.69 Å². The van der Waals surface area contributed by atoms with E-state index in [0.717, 1.165) is 48.7 Å². The number of nitrogens with two attached hydrogens (primary N) is 1. The average Bonchev–Trinajstić information content (AvgIpc) is 2.70. The second-order valence-electron chi connectivity index (χ2n) is 7.49. The second kappa shape index (κ2) is 8.52. The minimum absolute atomic E-state index is 0.00615. The van der Waals surface area contributed by atoms with E-state index in [2.05, 4.69) is 15.1 Å². The highest BCUT2D eigenvalue weighted by molar-refractivity contribution is 7.89. The Bertz CT molecular complexity index is 961. The summed E-state index contributed by atoms with van der Waals surface area (Å²) in [7, 11) is -3.68. The molecule has 1 amide bonds. The summed E-state index contributed by atoms with van der Waals surface area (Å²) in [5.74, 6) is -0.00615. The summed E-state index contributed by atoms with van der Waals surface area (Å²) in [6.07, 6.45) is 0. The molecule has 1 unspecified atom stereocenters. The molecule has 1 aliphatic rings. The fraction of sp³-hybridized carbons (Fsp3) is 0.381. The maximum absolute atomic E-state index is 12.8. The Labute approximate surface area is 172 Å². The Balaban J connectivity index is 1.59. The van der Waals surface area contributed by atoms with Crippen LogP contribution in [0.5, 0.6) is 0 Å². The third-order valence-corrected chi connectivity index (χ3v) is 6.43. The normalized spacial score (nSPS) is 16.5. The fourth-order valence-electron chi connectivity index (χ4n) is 3.62. The number of hydrogen-bond donors (Lipinski definition) is 2. The zero-order valence-electron chi connectivity index (χ0n) is 17.1. The van der Waals surface area contributed by atoms with Crippen LogP contribution in [0, 0.1) is 13.8 Å². The zero-order valence-corrected chi connectivity index (χ0v) is 17.9. The van der Waals surface area contributed by atoms with E-state index in [-0.39, 0.29) is 16.8 Å². The molecule has 2 aromatic carbocycles. The minimum Gasteiger partial charge on any atom is -0.369 e.